The van der Waals surface area contributed by atoms with Gasteiger partial charge in [0.1, 0.15) is 6.61 Å². The molecule has 0 saturated carbocycles. The first-order valence-electron chi connectivity index (χ1n) is 11.8. The van der Waals surface area contributed by atoms with Crippen LogP contribution in [0, 0.1) is 5.41 Å². The number of aliphatic hydroxyl groups excluding tert-OH is 1. The van der Waals surface area contributed by atoms with Crippen LogP contribution in [0.15, 0.2) is 48.5 Å². The monoisotopic (exact) mass is 482 g/mol. The Morgan fingerprint density at radius 3 is 2.11 bits per heavy atom. The van der Waals surface area contributed by atoms with Crippen molar-refractivity contribution in [1.29, 1.82) is 0 Å². The summed E-state index contributed by atoms with van der Waals surface area (Å²) in [6.45, 7) is 6.25. The van der Waals surface area contributed by atoms with Gasteiger partial charge in [0.05, 0.1) is 0 Å². The number of carbonyl (C=O) groups excluding carboxylic acids is 2. The highest BCUT2D eigenvalue weighted by Crippen LogP contribution is 2.44. The van der Waals surface area contributed by atoms with Crippen LogP contribution in [0.3, 0.4) is 0 Å². The van der Waals surface area contributed by atoms with Crippen molar-refractivity contribution in [3.05, 3.63) is 59.7 Å². The summed E-state index contributed by atoms with van der Waals surface area (Å²) >= 11 is 0. The van der Waals surface area contributed by atoms with Crippen molar-refractivity contribution in [3.8, 4) is 11.1 Å². The maximum atomic E-state index is 12.7. The average Bonchev–Trinajstić information content (AvgIpc) is 3.10. The van der Waals surface area contributed by atoms with E-state index in [-0.39, 0.29) is 43.2 Å². The lowest BCUT2D eigenvalue weighted by Gasteiger charge is -2.26. The zero-order chi connectivity index (χ0) is 25.6. The van der Waals surface area contributed by atoms with Gasteiger partial charge in [-0.2, -0.15) is 0 Å². The molecule has 4 N–H and O–H groups in total. The van der Waals surface area contributed by atoms with Crippen molar-refractivity contribution in [3.63, 3.8) is 0 Å². The highest BCUT2D eigenvalue weighted by atomic mass is 16.5. The normalized spacial score (nSPS) is 14.4. The molecule has 1 aliphatic rings. The lowest BCUT2D eigenvalue weighted by molar-refractivity contribution is -0.147. The van der Waals surface area contributed by atoms with E-state index in [0.717, 1.165) is 22.3 Å². The standard InChI is InChI=1S/C27H34N2O6/c1-27(2,3)15-17(14-24(31)28-13-12-23(30)25(32)33)29-26(34)35-16-22-20-10-6-4-8-18(20)19-9-5-7-11-21(19)22/h4-11,17,22-23,30H,12-16H2,1-3H3,(H,28,31)(H,29,34)(H,32,33). The van der Waals surface area contributed by atoms with Crippen molar-refractivity contribution >= 4 is 18.0 Å². The summed E-state index contributed by atoms with van der Waals surface area (Å²) in [4.78, 5) is 35.8. The van der Waals surface area contributed by atoms with Gasteiger partial charge in [0, 0.05) is 31.3 Å². The molecule has 2 unspecified atom stereocenters. The molecule has 2 aromatic rings. The second-order valence-electron chi connectivity index (χ2n) is 10.1. The number of fused-ring (bicyclic) bond motifs is 3. The van der Waals surface area contributed by atoms with Crippen LogP contribution < -0.4 is 10.6 Å². The maximum Gasteiger partial charge on any atom is 0.407 e. The van der Waals surface area contributed by atoms with Crippen LogP contribution in [0.5, 0.6) is 0 Å². The number of aliphatic hydroxyl groups is 1. The quantitative estimate of drug-likeness (QED) is 0.410. The molecule has 0 radical (unpaired) electrons. The molecular weight excluding hydrogens is 448 g/mol. The van der Waals surface area contributed by atoms with Gasteiger partial charge in [-0.05, 0) is 34.1 Å². The van der Waals surface area contributed by atoms with Gasteiger partial charge in [-0.15, -0.1) is 0 Å². The third-order valence-corrected chi connectivity index (χ3v) is 5.98. The predicted octanol–water partition coefficient (Wildman–Crippen LogP) is 3.67. The van der Waals surface area contributed by atoms with Crippen molar-refractivity contribution in [2.75, 3.05) is 13.2 Å². The molecule has 8 nitrogen and oxygen atoms in total. The molecule has 0 bridgehead atoms. The lowest BCUT2D eigenvalue weighted by Crippen LogP contribution is -2.42. The maximum absolute atomic E-state index is 12.7. The van der Waals surface area contributed by atoms with Gasteiger partial charge in [0.2, 0.25) is 5.91 Å². The molecule has 0 spiro atoms. The highest BCUT2D eigenvalue weighted by molar-refractivity contribution is 5.79. The zero-order valence-corrected chi connectivity index (χ0v) is 20.4. The summed E-state index contributed by atoms with van der Waals surface area (Å²) in [5, 5.41) is 23.5. The SMILES string of the molecule is CC(C)(C)CC(CC(=O)NCCC(O)C(=O)O)NC(=O)OCC1c2ccccc2-c2ccccc21. The summed E-state index contributed by atoms with van der Waals surface area (Å²) in [7, 11) is 0. The van der Waals surface area contributed by atoms with Crippen molar-refractivity contribution in [2.45, 2.75) is 58.1 Å². The van der Waals surface area contributed by atoms with Gasteiger partial charge in [-0.3, -0.25) is 4.79 Å². The second kappa shape index (κ2) is 11.4. The molecule has 2 aromatic carbocycles. The molecule has 3 rings (SSSR count). The largest absolute Gasteiger partial charge is 0.479 e. The predicted molar refractivity (Wildman–Crippen MR) is 132 cm³/mol. The van der Waals surface area contributed by atoms with E-state index in [2.05, 4.69) is 34.9 Å². The fourth-order valence-corrected chi connectivity index (χ4v) is 4.49. The Kier molecular flexibility index (Phi) is 8.51. The van der Waals surface area contributed by atoms with E-state index in [1.165, 1.54) is 0 Å². The number of hydrogen-bond acceptors (Lipinski definition) is 5. The van der Waals surface area contributed by atoms with Gasteiger partial charge in [-0.1, -0.05) is 69.3 Å². The molecular formula is C27H34N2O6. The van der Waals surface area contributed by atoms with Crippen LogP contribution in [0.4, 0.5) is 4.79 Å². The summed E-state index contributed by atoms with van der Waals surface area (Å²) in [5.74, 6) is -1.73. The molecule has 0 aliphatic heterocycles. The molecule has 0 heterocycles. The molecule has 0 fully saturated rings. The number of alkyl carbamates (subject to hydrolysis) is 1. The number of ether oxygens (including phenoxy) is 1. The molecule has 35 heavy (non-hydrogen) atoms. The van der Waals surface area contributed by atoms with Gasteiger partial charge in [0.25, 0.3) is 0 Å². The zero-order valence-electron chi connectivity index (χ0n) is 20.4. The third-order valence-electron chi connectivity index (χ3n) is 5.98. The van der Waals surface area contributed by atoms with Crippen LogP contribution in [-0.2, 0) is 14.3 Å². The Morgan fingerprint density at radius 2 is 1.57 bits per heavy atom. The summed E-state index contributed by atoms with van der Waals surface area (Å²) in [6.07, 6.45) is -1.65. The summed E-state index contributed by atoms with van der Waals surface area (Å²) < 4.78 is 5.63. The molecule has 8 heteroatoms. The Morgan fingerprint density at radius 1 is 1.00 bits per heavy atom. The third kappa shape index (κ3) is 7.29. The number of amides is 2. The minimum atomic E-state index is -1.53. The molecule has 0 saturated heterocycles. The van der Waals surface area contributed by atoms with E-state index in [4.69, 9.17) is 9.84 Å². The number of aliphatic carboxylic acids is 1. The number of carboxylic acids is 1. The fourth-order valence-electron chi connectivity index (χ4n) is 4.49. The van der Waals surface area contributed by atoms with Crippen LogP contribution in [0.25, 0.3) is 11.1 Å². The number of carbonyl (C=O) groups is 3. The van der Waals surface area contributed by atoms with Crippen LogP contribution in [-0.4, -0.2) is 53.5 Å². The first-order chi connectivity index (χ1) is 16.5. The highest BCUT2D eigenvalue weighted by Gasteiger charge is 2.30. The van der Waals surface area contributed by atoms with E-state index in [9.17, 15) is 19.5 Å². The van der Waals surface area contributed by atoms with Crippen LogP contribution >= 0.6 is 0 Å². The minimum Gasteiger partial charge on any atom is -0.479 e. The summed E-state index contributed by atoms with van der Waals surface area (Å²) in [5.41, 5.74) is 4.38. The topological polar surface area (TPSA) is 125 Å². The molecule has 2 atom stereocenters. The molecule has 0 aromatic heterocycles. The average molecular weight is 483 g/mol. The number of nitrogens with one attached hydrogen (secondary N) is 2. The van der Waals surface area contributed by atoms with Gasteiger partial charge in [0.15, 0.2) is 6.10 Å². The first-order valence-corrected chi connectivity index (χ1v) is 11.8. The van der Waals surface area contributed by atoms with Gasteiger partial charge >= 0.3 is 12.1 Å². The van der Waals surface area contributed by atoms with E-state index < -0.39 is 24.2 Å². The van der Waals surface area contributed by atoms with Gasteiger partial charge < -0.3 is 25.6 Å². The number of rotatable bonds is 10. The number of carboxylic acid groups (broad SMARTS) is 1. The minimum absolute atomic E-state index is 0.0185. The molecule has 2 amide bonds. The van der Waals surface area contributed by atoms with Gasteiger partial charge in [-0.25, -0.2) is 9.59 Å². The Bertz CT molecular complexity index is 1020. The van der Waals surface area contributed by atoms with E-state index in [1.54, 1.807) is 0 Å². The smallest absolute Gasteiger partial charge is 0.407 e. The van der Waals surface area contributed by atoms with E-state index in [0.29, 0.717) is 6.42 Å². The Hall–Kier alpha value is -3.39. The fraction of sp³-hybridized carbons (Fsp3) is 0.444. The molecule has 188 valence electrons. The van der Waals surface area contributed by atoms with Crippen molar-refractivity contribution in [2.24, 2.45) is 5.41 Å². The number of benzene rings is 2. The Labute approximate surface area is 205 Å². The lowest BCUT2D eigenvalue weighted by atomic mass is 9.87. The van der Waals surface area contributed by atoms with Crippen LogP contribution in [0.1, 0.15) is 57.1 Å². The van der Waals surface area contributed by atoms with E-state index in [1.807, 2.05) is 45.0 Å². The second-order valence-corrected chi connectivity index (χ2v) is 10.1. The van der Waals surface area contributed by atoms with E-state index >= 15 is 0 Å². The van der Waals surface area contributed by atoms with Crippen LogP contribution in [0.2, 0.25) is 0 Å². The number of hydrogen-bond donors (Lipinski definition) is 4. The summed E-state index contributed by atoms with van der Waals surface area (Å²) in [6, 6.07) is 15.7. The van der Waals surface area contributed by atoms with Crippen molar-refractivity contribution < 1.29 is 29.3 Å². The van der Waals surface area contributed by atoms with Crippen molar-refractivity contribution in [1.82, 2.24) is 10.6 Å². The first kappa shape index (κ1) is 26.2. The molecule has 1 aliphatic carbocycles. The Balaban J connectivity index is 1.58.